The van der Waals surface area contributed by atoms with Gasteiger partial charge in [-0.05, 0) is 17.5 Å². The molecular formula is C14H17NO2. The number of hydrogen-bond acceptors (Lipinski definition) is 3. The first-order chi connectivity index (χ1) is 8.17. The molecule has 2 aromatic rings. The Bertz CT molecular complexity index is 535. The number of nitrogens with zero attached hydrogens (tertiary/aromatic N) is 1. The van der Waals surface area contributed by atoms with Crippen molar-refractivity contribution in [3.8, 4) is 11.6 Å². The van der Waals surface area contributed by atoms with E-state index in [1.54, 1.807) is 14.2 Å². The number of para-hydroxylation sites is 1. The minimum atomic E-state index is 0.419. The van der Waals surface area contributed by atoms with Crippen LogP contribution in [0.5, 0.6) is 11.6 Å². The van der Waals surface area contributed by atoms with E-state index in [0.29, 0.717) is 11.8 Å². The molecule has 17 heavy (non-hydrogen) atoms. The van der Waals surface area contributed by atoms with E-state index in [-0.39, 0.29) is 0 Å². The average molecular weight is 231 g/mol. The molecule has 1 aromatic carbocycles. The Kier molecular flexibility index (Phi) is 3.18. The van der Waals surface area contributed by atoms with Crippen molar-refractivity contribution in [1.82, 2.24) is 4.98 Å². The smallest absolute Gasteiger partial charge is 0.217 e. The van der Waals surface area contributed by atoms with Gasteiger partial charge in [0.05, 0.1) is 19.7 Å². The highest BCUT2D eigenvalue weighted by molar-refractivity contribution is 5.88. The standard InChI is InChI=1S/C14H17NO2/c1-9(2)10-6-5-7-11-12(16-3)8-13(17-4)15-14(10)11/h5-9H,1-4H3. The summed E-state index contributed by atoms with van der Waals surface area (Å²) in [6, 6.07) is 7.96. The summed E-state index contributed by atoms with van der Waals surface area (Å²) in [5, 5.41) is 1.03. The summed E-state index contributed by atoms with van der Waals surface area (Å²) in [7, 11) is 3.28. The predicted molar refractivity (Wildman–Crippen MR) is 68.9 cm³/mol. The number of methoxy groups -OCH3 is 2. The molecule has 0 bridgehead atoms. The van der Waals surface area contributed by atoms with E-state index in [1.807, 2.05) is 18.2 Å². The first-order valence-corrected chi connectivity index (χ1v) is 5.69. The van der Waals surface area contributed by atoms with Crippen LogP contribution in [-0.4, -0.2) is 19.2 Å². The first kappa shape index (κ1) is 11.7. The maximum atomic E-state index is 5.38. The van der Waals surface area contributed by atoms with Gasteiger partial charge in [0.15, 0.2) is 0 Å². The van der Waals surface area contributed by atoms with Crippen LogP contribution in [-0.2, 0) is 0 Å². The molecule has 0 atom stereocenters. The van der Waals surface area contributed by atoms with Crippen molar-refractivity contribution in [1.29, 1.82) is 0 Å². The molecule has 0 saturated heterocycles. The molecule has 0 aliphatic rings. The van der Waals surface area contributed by atoms with Gasteiger partial charge in [0.1, 0.15) is 5.75 Å². The molecule has 0 amide bonds. The molecule has 0 radical (unpaired) electrons. The lowest BCUT2D eigenvalue weighted by atomic mass is 9.99. The fourth-order valence-corrected chi connectivity index (χ4v) is 1.96. The first-order valence-electron chi connectivity index (χ1n) is 5.69. The lowest BCUT2D eigenvalue weighted by Crippen LogP contribution is -1.96. The van der Waals surface area contributed by atoms with Gasteiger partial charge in [-0.3, -0.25) is 0 Å². The minimum absolute atomic E-state index is 0.419. The van der Waals surface area contributed by atoms with Gasteiger partial charge in [-0.25, -0.2) is 4.98 Å². The van der Waals surface area contributed by atoms with Crippen LogP contribution in [0.1, 0.15) is 25.3 Å². The second kappa shape index (κ2) is 4.62. The van der Waals surface area contributed by atoms with Gasteiger partial charge in [-0.2, -0.15) is 0 Å². The van der Waals surface area contributed by atoms with Gasteiger partial charge in [0, 0.05) is 11.5 Å². The number of rotatable bonds is 3. The minimum Gasteiger partial charge on any atom is -0.496 e. The summed E-state index contributed by atoms with van der Waals surface area (Å²) in [5.74, 6) is 1.81. The monoisotopic (exact) mass is 231 g/mol. The van der Waals surface area contributed by atoms with E-state index in [0.717, 1.165) is 16.7 Å². The number of pyridine rings is 1. The highest BCUT2D eigenvalue weighted by atomic mass is 16.5. The molecule has 3 heteroatoms. The summed E-state index contributed by atoms with van der Waals surface area (Å²) < 4.78 is 10.6. The summed E-state index contributed by atoms with van der Waals surface area (Å²) in [6.07, 6.45) is 0. The maximum Gasteiger partial charge on any atom is 0.217 e. The van der Waals surface area contributed by atoms with Crippen molar-refractivity contribution in [2.24, 2.45) is 0 Å². The number of aromatic nitrogens is 1. The maximum absolute atomic E-state index is 5.38. The zero-order valence-corrected chi connectivity index (χ0v) is 10.7. The molecule has 0 aliphatic heterocycles. The zero-order valence-electron chi connectivity index (χ0n) is 10.7. The zero-order chi connectivity index (χ0) is 12.4. The largest absolute Gasteiger partial charge is 0.496 e. The molecule has 3 nitrogen and oxygen atoms in total. The molecule has 1 heterocycles. The normalized spacial score (nSPS) is 10.9. The Balaban J connectivity index is 2.79. The van der Waals surface area contributed by atoms with Gasteiger partial charge in [-0.1, -0.05) is 26.0 Å². The van der Waals surface area contributed by atoms with Gasteiger partial charge in [0.2, 0.25) is 5.88 Å². The lowest BCUT2D eigenvalue weighted by molar-refractivity contribution is 0.386. The van der Waals surface area contributed by atoms with Crippen LogP contribution in [0.2, 0.25) is 0 Å². The Hall–Kier alpha value is -1.77. The van der Waals surface area contributed by atoms with Gasteiger partial charge >= 0.3 is 0 Å². The van der Waals surface area contributed by atoms with Crippen LogP contribution in [0.15, 0.2) is 24.3 Å². The third-order valence-corrected chi connectivity index (χ3v) is 2.86. The number of benzene rings is 1. The van der Waals surface area contributed by atoms with Crippen molar-refractivity contribution in [2.45, 2.75) is 19.8 Å². The fourth-order valence-electron chi connectivity index (χ4n) is 1.96. The molecule has 1 aromatic heterocycles. The van der Waals surface area contributed by atoms with Crippen molar-refractivity contribution >= 4 is 10.9 Å². The van der Waals surface area contributed by atoms with E-state index >= 15 is 0 Å². The van der Waals surface area contributed by atoms with Crippen LogP contribution in [0.25, 0.3) is 10.9 Å². The van der Waals surface area contributed by atoms with E-state index in [2.05, 4.69) is 24.9 Å². The topological polar surface area (TPSA) is 31.4 Å². The third kappa shape index (κ3) is 2.05. The lowest BCUT2D eigenvalue weighted by Gasteiger charge is -2.12. The van der Waals surface area contributed by atoms with Gasteiger partial charge < -0.3 is 9.47 Å². The van der Waals surface area contributed by atoms with Crippen molar-refractivity contribution in [3.05, 3.63) is 29.8 Å². The van der Waals surface area contributed by atoms with Crippen LogP contribution in [0.3, 0.4) is 0 Å². The molecule has 0 N–H and O–H groups in total. The van der Waals surface area contributed by atoms with E-state index in [9.17, 15) is 0 Å². The van der Waals surface area contributed by atoms with Crippen molar-refractivity contribution in [2.75, 3.05) is 14.2 Å². The third-order valence-electron chi connectivity index (χ3n) is 2.86. The molecule has 0 spiro atoms. The highest BCUT2D eigenvalue weighted by Gasteiger charge is 2.11. The van der Waals surface area contributed by atoms with E-state index in [1.165, 1.54) is 5.56 Å². The Morgan fingerprint density at radius 3 is 2.47 bits per heavy atom. The molecule has 0 fully saturated rings. The van der Waals surface area contributed by atoms with Crippen molar-refractivity contribution < 1.29 is 9.47 Å². The van der Waals surface area contributed by atoms with Gasteiger partial charge in [0.25, 0.3) is 0 Å². The van der Waals surface area contributed by atoms with Crippen LogP contribution in [0, 0.1) is 0 Å². The van der Waals surface area contributed by atoms with Crippen LogP contribution >= 0.6 is 0 Å². The van der Waals surface area contributed by atoms with E-state index < -0.39 is 0 Å². The van der Waals surface area contributed by atoms with Crippen LogP contribution < -0.4 is 9.47 Å². The second-order valence-electron chi connectivity index (χ2n) is 4.26. The summed E-state index contributed by atoms with van der Waals surface area (Å²) in [4.78, 5) is 4.52. The number of fused-ring (bicyclic) bond motifs is 1. The molecule has 0 aliphatic carbocycles. The Morgan fingerprint density at radius 1 is 1.12 bits per heavy atom. The molecule has 2 rings (SSSR count). The molecule has 0 unspecified atom stereocenters. The van der Waals surface area contributed by atoms with Crippen LogP contribution in [0.4, 0.5) is 0 Å². The Labute approximate surface area is 101 Å². The summed E-state index contributed by atoms with van der Waals surface area (Å²) in [5.41, 5.74) is 2.17. The van der Waals surface area contributed by atoms with E-state index in [4.69, 9.17) is 9.47 Å². The molecule has 90 valence electrons. The fraction of sp³-hybridized carbons (Fsp3) is 0.357. The Morgan fingerprint density at radius 2 is 1.88 bits per heavy atom. The average Bonchev–Trinajstić information content (AvgIpc) is 2.36. The second-order valence-corrected chi connectivity index (χ2v) is 4.26. The summed E-state index contributed by atoms with van der Waals surface area (Å²) >= 11 is 0. The molecular weight excluding hydrogens is 214 g/mol. The van der Waals surface area contributed by atoms with Gasteiger partial charge in [-0.15, -0.1) is 0 Å². The number of hydrogen-bond donors (Lipinski definition) is 0. The summed E-state index contributed by atoms with van der Waals surface area (Å²) in [6.45, 7) is 4.31. The SMILES string of the molecule is COc1cc(OC)c2cccc(C(C)C)c2n1. The van der Waals surface area contributed by atoms with Crippen molar-refractivity contribution in [3.63, 3.8) is 0 Å². The number of ether oxygens (including phenoxy) is 2. The highest BCUT2D eigenvalue weighted by Crippen LogP contribution is 2.32. The molecule has 0 saturated carbocycles. The quantitative estimate of drug-likeness (QED) is 0.811. The predicted octanol–water partition coefficient (Wildman–Crippen LogP) is 3.38.